The lowest BCUT2D eigenvalue weighted by Gasteiger charge is -2.28. The van der Waals surface area contributed by atoms with Crippen LogP contribution in [0.5, 0.6) is 0 Å². The van der Waals surface area contributed by atoms with Crippen LogP contribution in [-0.4, -0.2) is 29.9 Å². The van der Waals surface area contributed by atoms with Gasteiger partial charge < -0.3 is 10.2 Å². The molecular formula is C21H30N2O. The van der Waals surface area contributed by atoms with Crippen LogP contribution in [0.15, 0.2) is 54.3 Å². The van der Waals surface area contributed by atoms with Gasteiger partial charge in [-0.1, -0.05) is 48.6 Å². The Labute approximate surface area is 146 Å². The maximum Gasteiger partial charge on any atom is 0.242 e. The number of carbonyl (C=O) groups excluding carboxylic acids is 1. The minimum absolute atomic E-state index is 0.0427. The molecule has 0 spiro atoms. The van der Waals surface area contributed by atoms with E-state index in [0.29, 0.717) is 6.54 Å². The Kier molecular flexibility index (Phi) is 7.10. The van der Waals surface area contributed by atoms with E-state index in [9.17, 15) is 4.79 Å². The molecule has 1 aliphatic heterocycles. The number of rotatable bonds is 8. The quantitative estimate of drug-likeness (QED) is 0.730. The number of nitrogens with zero attached hydrogens (tertiary/aromatic N) is 1. The van der Waals surface area contributed by atoms with Gasteiger partial charge in [0, 0.05) is 18.8 Å². The van der Waals surface area contributed by atoms with Crippen molar-refractivity contribution in [1.82, 2.24) is 10.2 Å². The number of allylic oxidation sites excluding steroid dienone is 2. The summed E-state index contributed by atoms with van der Waals surface area (Å²) in [5.74, 6) is 0.137. The maximum atomic E-state index is 12.5. The van der Waals surface area contributed by atoms with Crippen LogP contribution in [0, 0.1) is 0 Å². The van der Waals surface area contributed by atoms with Crippen LogP contribution in [0.3, 0.4) is 0 Å². The predicted molar refractivity (Wildman–Crippen MR) is 101 cm³/mol. The molecule has 0 saturated carbocycles. The Hall–Kier alpha value is -2.03. The average molecular weight is 326 g/mol. The summed E-state index contributed by atoms with van der Waals surface area (Å²) in [4.78, 5) is 14.7. The van der Waals surface area contributed by atoms with Crippen molar-refractivity contribution in [3.8, 4) is 0 Å². The number of nitrogens with one attached hydrogen (secondary N) is 1. The molecule has 1 fully saturated rings. The lowest BCUT2D eigenvalue weighted by atomic mass is 10.1. The van der Waals surface area contributed by atoms with E-state index in [1.807, 2.05) is 26.0 Å². The molecule has 0 radical (unpaired) electrons. The zero-order valence-corrected chi connectivity index (χ0v) is 15.1. The number of hydrogen-bond donors (Lipinski definition) is 1. The molecule has 0 bridgehead atoms. The topological polar surface area (TPSA) is 32.3 Å². The standard InChI is InChI=1S/C21H30N2O/c1-4-17(2)16-22-21(24)20-14-9-15-23(20)18(3)10-8-13-19-11-6-5-7-12-19/h4-7,11-12,20H,3,8-10,13-16H2,1-2H3,(H,22,24)/b17-4+. The third-order valence-electron chi connectivity index (χ3n) is 4.77. The van der Waals surface area contributed by atoms with E-state index in [1.54, 1.807) is 0 Å². The minimum Gasteiger partial charge on any atom is -0.363 e. The summed E-state index contributed by atoms with van der Waals surface area (Å²) >= 11 is 0. The monoisotopic (exact) mass is 326 g/mol. The van der Waals surface area contributed by atoms with E-state index >= 15 is 0 Å². The van der Waals surface area contributed by atoms with Crippen molar-refractivity contribution >= 4 is 5.91 Å². The van der Waals surface area contributed by atoms with E-state index in [0.717, 1.165) is 44.3 Å². The summed E-state index contributed by atoms with van der Waals surface area (Å²) in [5.41, 5.74) is 3.66. The maximum absolute atomic E-state index is 12.5. The molecular weight excluding hydrogens is 296 g/mol. The second-order valence-corrected chi connectivity index (χ2v) is 6.61. The smallest absolute Gasteiger partial charge is 0.242 e. The van der Waals surface area contributed by atoms with E-state index in [-0.39, 0.29) is 11.9 Å². The largest absolute Gasteiger partial charge is 0.363 e. The first-order valence-electron chi connectivity index (χ1n) is 8.99. The van der Waals surface area contributed by atoms with Crippen LogP contribution < -0.4 is 5.32 Å². The number of benzene rings is 1. The first kappa shape index (κ1) is 18.3. The van der Waals surface area contributed by atoms with Crippen molar-refractivity contribution in [2.75, 3.05) is 13.1 Å². The second kappa shape index (κ2) is 9.31. The molecule has 24 heavy (non-hydrogen) atoms. The fourth-order valence-electron chi connectivity index (χ4n) is 3.15. The van der Waals surface area contributed by atoms with Crippen molar-refractivity contribution in [2.45, 2.75) is 52.0 Å². The van der Waals surface area contributed by atoms with Gasteiger partial charge in [-0.25, -0.2) is 0 Å². The Morgan fingerprint density at radius 1 is 1.38 bits per heavy atom. The van der Waals surface area contributed by atoms with E-state index in [1.165, 1.54) is 11.1 Å². The van der Waals surface area contributed by atoms with Crippen LogP contribution in [-0.2, 0) is 11.2 Å². The van der Waals surface area contributed by atoms with Crippen molar-refractivity contribution in [3.05, 3.63) is 59.8 Å². The van der Waals surface area contributed by atoms with Crippen LogP contribution in [0.25, 0.3) is 0 Å². The van der Waals surface area contributed by atoms with Gasteiger partial charge in [-0.05, 0) is 51.5 Å². The molecule has 1 heterocycles. The van der Waals surface area contributed by atoms with Crippen LogP contribution in [0.2, 0.25) is 0 Å². The highest BCUT2D eigenvalue weighted by Crippen LogP contribution is 2.24. The number of aryl methyl sites for hydroxylation is 1. The summed E-state index contributed by atoms with van der Waals surface area (Å²) in [6.07, 6.45) is 7.12. The molecule has 0 aliphatic carbocycles. The molecule has 3 heteroatoms. The summed E-state index contributed by atoms with van der Waals surface area (Å²) in [5, 5.41) is 3.05. The van der Waals surface area contributed by atoms with E-state index in [2.05, 4.69) is 41.1 Å². The first-order valence-corrected chi connectivity index (χ1v) is 8.99. The number of carbonyl (C=O) groups is 1. The second-order valence-electron chi connectivity index (χ2n) is 6.61. The molecule has 1 aromatic carbocycles. The molecule has 1 aromatic rings. The Morgan fingerprint density at radius 3 is 2.83 bits per heavy atom. The fraction of sp³-hybridized carbons (Fsp3) is 0.476. The van der Waals surface area contributed by atoms with Gasteiger partial charge in [-0.15, -0.1) is 0 Å². The van der Waals surface area contributed by atoms with Crippen LogP contribution >= 0.6 is 0 Å². The minimum atomic E-state index is -0.0427. The lowest BCUT2D eigenvalue weighted by molar-refractivity contribution is -0.124. The molecule has 130 valence electrons. The van der Waals surface area contributed by atoms with Gasteiger partial charge in [0.05, 0.1) is 0 Å². The Balaban J connectivity index is 1.80. The highest BCUT2D eigenvalue weighted by Gasteiger charge is 2.30. The SMILES string of the molecule is C=C(CCCc1ccccc1)N1CCCC1C(=O)NC/C(C)=C/C. The molecule has 1 saturated heterocycles. The third kappa shape index (κ3) is 5.26. The summed E-state index contributed by atoms with van der Waals surface area (Å²) < 4.78 is 0. The highest BCUT2D eigenvalue weighted by molar-refractivity contribution is 5.82. The van der Waals surface area contributed by atoms with Crippen molar-refractivity contribution < 1.29 is 4.79 Å². The molecule has 1 aliphatic rings. The van der Waals surface area contributed by atoms with Crippen molar-refractivity contribution in [2.24, 2.45) is 0 Å². The average Bonchev–Trinajstić information content (AvgIpc) is 3.10. The van der Waals surface area contributed by atoms with E-state index < -0.39 is 0 Å². The van der Waals surface area contributed by atoms with Gasteiger partial charge in [-0.3, -0.25) is 4.79 Å². The van der Waals surface area contributed by atoms with Crippen LogP contribution in [0.1, 0.15) is 45.1 Å². The first-order chi connectivity index (χ1) is 11.6. The van der Waals surface area contributed by atoms with Gasteiger partial charge in [0.2, 0.25) is 5.91 Å². The molecule has 1 amide bonds. The molecule has 0 aromatic heterocycles. The van der Waals surface area contributed by atoms with E-state index in [4.69, 9.17) is 0 Å². The zero-order chi connectivity index (χ0) is 17.4. The predicted octanol–water partition coefficient (Wildman–Crippen LogP) is 4.07. The summed E-state index contributed by atoms with van der Waals surface area (Å²) in [6, 6.07) is 10.5. The van der Waals surface area contributed by atoms with Gasteiger partial charge in [0.15, 0.2) is 0 Å². The third-order valence-corrected chi connectivity index (χ3v) is 4.77. The molecule has 3 nitrogen and oxygen atoms in total. The fourth-order valence-corrected chi connectivity index (χ4v) is 3.15. The zero-order valence-electron chi connectivity index (χ0n) is 15.1. The van der Waals surface area contributed by atoms with Crippen molar-refractivity contribution in [1.29, 1.82) is 0 Å². The Morgan fingerprint density at radius 2 is 2.12 bits per heavy atom. The molecule has 1 N–H and O–H groups in total. The van der Waals surface area contributed by atoms with Crippen molar-refractivity contribution in [3.63, 3.8) is 0 Å². The number of likely N-dealkylation sites (tertiary alicyclic amines) is 1. The van der Waals surface area contributed by atoms with Crippen LogP contribution in [0.4, 0.5) is 0 Å². The number of amides is 1. The Bertz CT molecular complexity index is 577. The summed E-state index contributed by atoms with van der Waals surface area (Å²) in [7, 11) is 0. The highest BCUT2D eigenvalue weighted by atomic mass is 16.2. The summed E-state index contributed by atoms with van der Waals surface area (Å²) in [6.45, 7) is 9.87. The molecule has 1 unspecified atom stereocenters. The lowest BCUT2D eigenvalue weighted by Crippen LogP contribution is -2.43. The van der Waals surface area contributed by atoms with Gasteiger partial charge in [-0.2, -0.15) is 0 Å². The van der Waals surface area contributed by atoms with Gasteiger partial charge in [0.1, 0.15) is 6.04 Å². The normalized spacial score (nSPS) is 17.8. The molecule has 2 rings (SSSR count). The van der Waals surface area contributed by atoms with Gasteiger partial charge >= 0.3 is 0 Å². The number of hydrogen-bond acceptors (Lipinski definition) is 2. The van der Waals surface area contributed by atoms with Gasteiger partial charge in [0.25, 0.3) is 0 Å². The molecule has 1 atom stereocenters.